The number of thiazole rings is 1. The van der Waals surface area contributed by atoms with Gasteiger partial charge in [0, 0.05) is 22.3 Å². The minimum atomic E-state index is -0.463. The van der Waals surface area contributed by atoms with Crippen molar-refractivity contribution in [3.63, 3.8) is 0 Å². The van der Waals surface area contributed by atoms with Crippen LogP contribution < -0.4 is 20.5 Å². The van der Waals surface area contributed by atoms with E-state index < -0.39 is 5.23 Å². The number of benzene rings is 2. The highest BCUT2D eigenvalue weighted by atomic mass is 32.1. The summed E-state index contributed by atoms with van der Waals surface area (Å²) in [6, 6.07) is 11.0. The van der Waals surface area contributed by atoms with Gasteiger partial charge in [-0.15, -0.1) is 16.6 Å². The van der Waals surface area contributed by atoms with E-state index in [1.54, 1.807) is 36.6 Å². The summed E-state index contributed by atoms with van der Waals surface area (Å²) in [5, 5.41) is 45.4. The van der Waals surface area contributed by atoms with Crippen LogP contribution in [0.15, 0.2) is 47.8 Å². The first-order chi connectivity index (χ1) is 13.0. The molecule has 0 spiro atoms. The average Bonchev–Trinajstić information content (AvgIpc) is 3.10. The smallest absolute Gasteiger partial charge is 0.187 e. The van der Waals surface area contributed by atoms with Crippen molar-refractivity contribution in [1.82, 2.24) is 4.98 Å². The van der Waals surface area contributed by atoms with Crippen LogP contribution in [0.2, 0.25) is 0 Å². The Morgan fingerprint density at radius 1 is 1.19 bits per heavy atom. The van der Waals surface area contributed by atoms with Gasteiger partial charge in [-0.3, -0.25) is 10.4 Å². The van der Waals surface area contributed by atoms with E-state index in [2.05, 4.69) is 10.3 Å². The molecule has 3 aromatic rings. The Hall–Kier alpha value is -2.89. The monoisotopic (exact) mass is 388 g/mol. The summed E-state index contributed by atoms with van der Waals surface area (Å²) in [6.07, 6.45) is 0. The van der Waals surface area contributed by atoms with E-state index in [1.165, 1.54) is 29.5 Å². The highest BCUT2D eigenvalue weighted by Crippen LogP contribution is 2.34. The molecule has 0 amide bonds. The van der Waals surface area contributed by atoms with Crippen molar-refractivity contribution in [3.8, 4) is 17.0 Å². The molecule has 0 bridgehead atoms. The predicted molar refractivity (Wildman–Crippen MR) is 104 cm³/mol. The molecule has 3 N–H and O–H groups in total. The summed E-state index contributed by atoms with van der Waals surface area (Å²) in [7, 11) is 0. The lowest BCUT2D eigenvalue weighted by Crippen LogP contribution is -2.12. The molecule has 0 fully saturated rings. The number of nitrogens with zero attached hydrogens (tertiary/aromatic N) is 3. The fourth-order valence-electron chi connectivity index (χ4n) is 2.40. The van der Waals surface area contributed by atoms with Crippen LogP contribution >= 0.6 is 11.3 Å². The lowest BCUT2D eigenvalue weighted by Gasteiger charge is -2.37. The molecule has 9 nitrogen and oxygen atoms in total. The number of nitrogens with one attached hydrogen (secondary N) is 1. The van der Waals surface area contributed by atoms with Gasteiger partial charge in [-0.25, -0.2) is 4.98 Å². The molecule has 142 valence electrons. The first kappa shape index (κ1) is 18.9. The second-order valence-electron chi connectivity index (χ2n) is 5.38. The summed E-state index contributed by atoms with van der Waals surface area (Å²) < 4.78 is 5.36. The second kappa shape index (κ2) is 8.20. The van der Waals surface area contributed by atoms with Crippen LogP contribution in [0.5, 0.6) is 5.75 Å². The summed E-state index contributed by atoms with van der Waals surface area (Å²) >= 11 is 1.32. The second-order valence-corrected chi connectivity index (χ2v) is 6.23. The lowest BCUT2D eigenvalue weighted by atomic mass is 10.1. The Bertz CT molecular complexity index is 916. The van der Waals surface area contributed by atoms with E-state index in [-0.39, 0.29) is 16.6 Å². The molecule has 3 rings (SSSR count). The van der Waals surface area contributed by atoms with Crippen LogP contribution in [0.3, 0.4) is 0 Å². The van der Waals surface area contributed by atoms with Gasteiger partial charge in [-0.1, -0.05) is 6.07 Å². The third-order valence-electron chi connectivity index (χ3n) is 3.58. The molecule has 0 aliphatic heterocycles. The van der Waals surface area contributed by atoms with Crippen molar-refractivity contribution >= 4 is 33.5 Å². The number of hydrogen-bond donors (Lipinski definition) is 3. The van der Waals surface area contributed by atoms with E-state index >= 15 is 0 Å². The van der Waals surface area contributed by atoms with Crippen LogP contribution in [0.25, 0.3) is 11.3 Å². The molecule has 0 unspecified atom stereocenters. The molecular formula is C17H16N4O5S-2. The summed E-state index contributed by atoms with van der Waals surface area (Å²) in [5.74, 6) is 0.330. The van der Waals surface area contributed by atoms with E-state index in [4.69, 9.17) is 4.74 Å². The maximum absolute atomic E-state index is 10.9. The average molecular weight is 388 g/mol. The maximum Gasteiger partial charge on any atom is 0.187 e. The molecule has 0 aliphatic rings. The van der Waals surface area contributed by atoms with Gasteiger partial charge in [0.2, 0.25) is 0 Å². The quantitative estimate of drug-likeness (QED) is 0.506. The topological polar surface area (TPSA) is 127 Å². The molecule has 1 aromatic heterocycles. The van der Waals surface area contributed by atoms with E-state index in [0.29, 0.717) is 34.4 Å². The predicted octanol–water partition coefficient (Wildman–Crippen LogP) is 4.34. The highest BCUT2D eigenvalue weighted by Gasteiger charge is 2.13. The number of anilines is 4. The summed E-state index contributed by atoms with van der Waals surface area (Å²) in [5.41, 5.74) is 1.90. The third-order valence-corrected chi connectivity index (χ3v) is 4.34. The van der Waals surface area contributed by atoms with Crippen LogP contribution in [0.1, 0.15) is 6.92 Å². The van der Waals surface area contributed by atoms with Gasteiger partial charge >= 0.3 is 0 Å². The first-order valence-electron chi connectivity index (χ1n) is 7.90. The molecule has 0 aliphatic carbocycles. The Morgan fingerprint density at radius 3 is 2.70 bits per heavy atom. The molecule has 0 saturated carbocycles. The Balaban J connectivity index is 1.83. The van der Waals surface area contributed by atoms with E-state index in [0.717, 1.165) is 0 Å². The number of ether oxygens (including phenoxy) is 1. The lowest BCUT2D eigenvalue weighted by molar-refractivity contribution is 0.0277. The minimum absolute atomic E-state index is 0.00310. The van der Waals surface area contributed by atoms with Crippen LogP contribution in [0, 0.1) is 10.4 Å². The molecular weight excluding hydrogens is 372 g/mol. The fraction of sp³-hybridized carbons (Fsp3) is 0.118. The maximum atomic E-state index is 10.9. The minimum Gasteiger partial charge on any atom is -0.769 e. The fourth-order valence-corrected chi connectivity index (χ4v) is 3.13. The van der Waals surface area contributed by atoms with Crippen molar-refractivity contribution < 1.29 is 15.2 Å². The third kappa shape index (κ3) is 4.45. The SMILES string of the molecule is CCOc1ccc(-c2csc(Nc3cccc(N([O-])[O-])c3)n2)cc1N(O)O. The van der Waals surface area contributed by atoms with Crippen molar-refractivity contribution in [3.05, 3.63) is 58.3 Å². The number of hydrogen-bond acceptors (Lipinski definition) is 10. The molecule has 1 heterocycles. The molecule has 27 heavy (non-hydrogen) atoms. The van der Waals surface area contributed by atoms with Crippen LogP contribution in [-0.4, -0.2) is 22.0 Å². The van der Waals surface area contributed by atoms with Crippen LogP contribution in [0.4, 0.5) is 22.2 Å². The van der Waals surface area contributed by atoms with Crippen molar-refractivity contribution in [1.29, 1.82) is 0 Å². The van der Waals surface area contributed by atoms with Gasteiger partial charge in [0.05, 0.1) is 12.3 Å². The van der Waals surface area contributed by atoms with E-state index in [1.807, 2.05) is 0 Å². The van der Waals surface area contributed by atoms with E-state index in [9.17, 15) is 20.8 Å². The number of aromatic nitrogens is 1. The van der Waals surface area contributed by atoms with Crippen LogP contribution in [-0.2, 0) is 0 Å². The number of rotatable bonds is 7. The molecule has 0 radical (unpaired) electrons. The van der Waals surface area contributed by atoms with Gasteiger partial charge in [0.1, 0.15) is 11.4 Å². The highest BCUT2D eigenvalue weighted by molar-refractivity contribution is 7.14. The molecule has 10 heteroatoms. The van der Waals surface area contributed by atoms with Gasteiger partial charge in [0.15, 0.2) is 5.13 Å². The van der Waals surface area contributed by atoms with Gasteiger partial charge in [-0.2, -0.15) is 0 Å². The largest absolute Gasteiger partial charge is 0.769 e. The molecule has 0 saturated heterocycles. The van der Waals surface area contributed by atoms with Gasteiger partial charge in [0.25, 0.3) is 0 Å². The Kier molecular flexibility index (Phi) is 5.74. The standard InChI is InChI=1S/C17H16N4O5S/c1-2-26-16-7-6-11(8-15(16)21(24)25)14-10-27-17(19-14)18-12-4-3-5-13(9-12)20(22)23/h3-10,24-25H,2H2,1H3,(H,18,19)/q-2. The zero-order chi connectivity index (χ0) is 19.4. The van der Waals surface area contributed by atoms with Gasteiger partial charge < -0.3 is 25.7 Å². The normalized spacial score (nSPS) is 10.6. The van der Waals surface area contributed by atoms with Crippen molar-refractivity contribution in [2.75, 3.05) is 22.4 Å². The van der Waals surface area contributed by atoms with Crippen molar-refractivity contribution in [2.24, 2.45) is 0 Å². The van der Waals surface area contributed by atoms with Crippen molar-refractivity contribution in [2.45, 2.75) is 6.92 Å². The first-order valence-corrected chi connectivity index (χ1v) is 8.78. The Morgan fingerprint density at radius 2 is 2.00 bits per heavy atom. The molecule has 2 aromatic carbocycles. The summed E-state index contributed by atoms with van der Waals surface area (Å²) in [6.45, 7) is 2.18. The molecule has 0 atom stereocenters. The Labute approximate surface area is 158 Å². The summed E-state index contributed by atoms with van der Waals surface area (Å²) in [4.78, 5) is 4.44. The van der Waals surface area contributed by atoms with Gasteiger partial charge in [-0.05, 0) is 43.3 Å². The zero-order valence-electron chi connectivity index (χ0n) is 14.2. The zero-order valence-corrected chi connectivity index (χ0v) is 15.0.